The molecule has 3 aliphatic rings. The molecule has 3 aliphatic heterocycles. The molecule has 6 rings (SSSR count). The number of rotatable bonds is 5. The molecule has 0 aliphatic carbocycles. The molecule has 0 saturated carbocycles. The number of piperidine rings is 1. The molecule has 0 bridgehead atoms. The number of thiazole rings is 1. The molecule has 8 nitrogen and oxygen atoms in total. The van der Waals surface area contributed by atoms with Crippen LogP contribution in [0.3, 0.4) is 0 Å². The van der Waals surface area contributed by atoms with E-state index in [1.54, 1.807) is 16.8 Å². The number of aromatic nitrogens is 2. The van der Waals surface area contributed by atoms with E-state index in [4.69, 9.17) is 9.47 Å². The van der Waals surface area contributed by atoms with Crippen LogP contribution < -0.4 is 19.7 Å². The predicted molar refractivity (Wildman–Crippen MR) is 134 cm³/mol. The van der Waals surface area contributed by atoms with E-state index in [2.05, 4.69) is 15.2 Å². The van der Waals surface area contributed by atoms with Crippen molar-refractivity contribution in [1.29, 1.82) is 0 Å². The minimum Gasteiger partial charge on any atom is -0.486 e. The number of aryl methyl sites for hydroxylation is 1. The number of hydrogen-bond donors (Lipinski definition) is 2. The van der Waals surface area contributed by atoms with Gasteiger partial charge in [0.15, 0.2) is 11.5 Å². The summed E-state index contributed by atoms with van der Waals surface area (Å²) >= 11 is 1.19. The van der Waals surface area contributed by atoms with Crippen molar-refractivity contribution in [2.24, 2.45) is 0 Å². The minimum absolute atomic E-state index is 0. The maximum Gasteiger partial charge on any atom is 0.308 e. The van der Waals surface area contributed by atoms with E-state index in [0.717, 1.165) is 35.3 Å². The van der Waals surface area contributed by atoms with E-state index in [-0.39, 0.29) is 35.1 Å². The molecule has 35 heavy (non-hydrogen) atoms. The van der Waals surface area contributed by atoms with Crippen LogP contribution in [-0.4, -0.2) is 64.6 Å². The van der Waals surface area contributed by atoms with E-state index in [0.29, 0.717) is 56.5 Å². The highest BCUT2D eigenvalue weighted by Crippen LogP contribution is 2.37. The predicted octanol–water partition coefficient (Wildman–Crippen LogP) is 2.50. The van der Waals surface area contributed by atoms with Gasteiger partial charge in [0.25, 0.3) is 0 Å². The normalized spacial score (nSPS) is 23.8. The molecule has 1 saturated heterocycles. The minimum atomic E-state index is -0.533. The first-order valence-corrected chi connectivity index (χ1v) is 12.6. The molecule has 1 fully saturated rings. The number of halogens is 2. The Balaban J connectivity index is 0.00000253. The second kappa shape index (κ2) is 10.0. The molecule has 3 aromatic rings. The quantitative estimate of drug-likeness (QED) is 0.532. The fourth-order valence-electron chi connectivity index (χ4n) is 5.40. The van der Waals surface area contributed by atoms with Gasteiger partial charge < -0.3 is 24.8 Å². The molecule has 2 aromatic heterocycles. The van der Waals surface area contributed by atoms with Crippen molar-refractivity contribution in [1.82, 2.24) is 19.8 Å². The van der Waals surface area contributed by atoms with Gasteiger partial charge in [-0.3, -0.25) is 14.3 Å². The Kier molecular flexibility index (Phi) is 7.00. The van der Waals surface area contributed by atoms with Crippen LogP contribution in [0, 0.1) is 5.82 Å². The molecule has 1 aromatic carbocycles. The monoisotopic (exact) mass is 522 g/mol. The molecular weight excluding hydrogens is 495 g/mol. The van der Waals surface area contributed by atoms with E-state index >= 15 is 0 Å². The SMILES string of the molecule is Cl.O=c1sc2ccc(F)c3c2n1CCC3CN1CC[C@H](NCc2cc3c(cn2)OCCO3)[C@H](O)C1. The van der Waals surface area contributed by atoms with Gasteiger partial charge in [-0.15, -0.1) is 12.4 Å². The van der Waals surface area contributed by atoms with Crippen LogP contribution in [0.5, 0.6) is 11.5 Å². The summed E-state index contributed by atoms with van der Waals surface area (Å²) in [6, 6.07) is 5.02. The Morgan fingerprint density at radius 1 is 1.20 bits per heavy atom. The highest BCUT2D eigenvalue weighted by molar-refractivity contribution is 7.16. The fourth-order valence-corrected chi connectivity index (χ4v) is 6.34. The summed E-state index contributed by atoms with van der Waals surface area (Å²) in [6.07, 6.45) is 2.66. The molecule has 0 radical (unpaired) electrons. The van der Waals surface area contributed by atoms with Gasteiger partial charge >= 0.3 is 4.87 Å². The summed E-state index contributed by atoms with van der Waals surface area (Å²) in [5.74, 6) is 1.14. The number of fused-ring (bicyclic) bond motifs is 1. The number of ether oxygens (including phenoxy) is 2. The Morgan fingerprint density at radius 2 is 2.03 bits per heavy atom. The standard InChI is InChI=1S/C24H27FN4O4S.ClH/c25-16-1-2-21-23-22(16)14(3-6-29(23)24(31)34-21)12-28-5-4-17(18(30)13-28)27-10-15-9-19-20(11-26-15)33-8-7-32-19;/h1-2,9,11,14,17-18,27,30H,3-8,10,12-13H2;1H/t14?,17-,18+;/m0./s1. The number of likely N-dealkylation sites (tertiary alicyclic amines) is 1. The molecule has 5 heterocycles. The largest absolute Gasteiger partial charge is 0.486 e. The summed E-state index contributed by atoms with van der Waals surface area (Å²) in [4.78, 5) is 18.9. The molecule has 1 unspecified atom stereocenters. The topological polar surface area (TPSA) is 88.9 Å². The van der Waals surface area contributed by atoms with Crippen molar-refractivity contribution < 1.29 is 19.0 Å². The number of pyridine rings is 1. The lowest BCUT2D eigenvalue weighted by Gasteiger charge is -2.38. The van der Waals surface area contributed by atoms with Crippen LogP contribution in [0.25, 0.3) is 10.2 Å². The molecule has 2 N–H and O–H groups in total. The second-order valence-corrected chi connectivity index (χ2v) is 10.2. The smallest absolute Gasteiger partial charge is 0.308 e. The average Bonchev–Trinajstić information content (AvgIpc) is 3.17. The number of nitrogens with zero attached hydrogens (tertiary/aromatic N) is 3. The Labute approximate surface area is 212 Å². The van der Waals surface area contributed by atoms with Gasteiger partial charge in [0, 0.05) is 49.8 Å². The lowest BCUT2D eigenvalue weighted by atomic mass is 9.89. The van der Waals surface area contributed by atoms with E-state index in [1.807, 2.05) is 6.07 Å². The van der Waals surface area contributed by atoms with Crippen molar-refractivity contribution >= 4 is 34.0 Å². The molecule has 0 amide bonds. The first-order chi connectivity index (χ1) is 16.6. The maximum absolute atomic E-state index is 14.8. The van der Waals surface area contributed by atoms with Gasteiger partial charge in [0.05, 0.1) is 28.2 Å². The molecule has 0 spiro atoms. The van der Waals surface area contributed by atoms with Gasteiger partial charge in [-0.05, 0) is 31.5 Å². The van der Waals surface area contributed by atoms with Gasteiger partial charge in [0.1, 0.15) is 19.0 Å². The lowest BCUT2D eigenvalue weighted by Crippen LogP contribution is -2.53. The van der Waals surface area contributed by atoms with E-state index in [1.165, 1.54) is 17.4 Å². The van der Waals surface area contributed by atoms with Gasteiger partial charge in [0.2, 0.25) is 0 Å². The van der Waals surface area contributed by atoms with E-state index < -0.39 is 6.10 Å². The molecule has 3 atom stereocenters. The third-order valence-corrected chi connectivity index (χ3v) is 8.04. The Hall–Kier alpha value is -2.24. The van der Waals surface area contributed by atoms with Crippen LogP contribution in [0.2, 0.25) is 0 Å². The summed E-state index contributed by atoms with van der Waals surface area (Å²) in [5.41, 5.74) is 2.25. The number of aliphatic hydroxyl groups excluding tert-OH is 1. The third-order valence-electron chi connectivity index (χ3n) is 7.10. The number of benzene rings is 1. The van der Waals surface area contributed by atoms with Gasteiger partial charge in [-0.1, -0.05) is 11.3 Å². The summed E-state index contributed by atoms with van der Waals surface area (Å²) in [6.45, 7) is 4.22. The second-order valence-electron chi connectivity index (χ2n) is 9.24. The highest BCUT2D eigenvalue weighted by Gasteiger charge is 2.32. The van der Waals surface area contributed by atoms with Crippen molar-refractivity contribution in [3.63, 3.8) is 0 Å². The number of β-amino-alcohol motifs (C(OH)–C–C–N with tert-alkyl or cyclic N) is 1. The molecule has 188 valence electrons. The van der Waals surface area contributed by atoms with Gasteiger partial charge in [-0.2, -0.15) is 0 Å². The first-order valence-electron chi connectivity index (χ1n) is 11.8. The van der Waals surface area contributed by atoms with Crippen LogP contribution in [-0.2, 0) is 13.1 Å². The van der Waals surface area contributed by atoms with Crippen LogP contribution in [0.15, 0.2) is 29.2 Å². The Bertz CT molecular complexity index is 1280. The molecular formula is C24H28ClFN4O4S. The number of nitrogens with one attached hydrogen (secondary N) is 1. The summed E-state index contributed by atoms with van der Waals surface area (Å²) < 4.78 is 28.5. The van der Waals surface area contributed by atoms with Crippen molar-refractivity contribution in [3.05, 3.63) is 51.1 Å². The van der Waals surface area contributed by atoms with Crippen molar-refractivity contribution in [3.8, 4) is 11.5 Å². The lowest BCUT2D eigenvalue weighted by molar-refractivity contribution is 0.0363. The van der Waals surface area contributed by atoms with Crippen LogP contribution >= 0.6 is 23.7 Å². The number of aliphatic hydroxyl groups is 1. The summed E-state index contributed by atoms with van der Waals surface area (Å²) in [5, 5.41) is 14.2. The van der Waals surface area contributed by atoms with Crippen LogP contribution in [0.4, 0.5) is 4.39 Å². The zero-order valence-electron chi connectivity index (χ0n) is 19.1. The fraction of sp³-hybridized carbons (Fsp3) is 0.500. The average molecular weight is 523 g/mol. The third kappa shape index (κ3) is 4.65. The number of hydrogen-bond acceptors (Lipinski definition) is 8. The van der Waals surface area contributed by atoms with Crippen molar-refractivity contribution in [2.75, 3.05) is 32.8 Å². The van der Waals surface area contributed by atoms with E-state index in [9.17, 15) is 14.3 Å². The van der Waals surface area contributed by atoms with Crippen LogP contribution in [0.1, 0.15) is 30.0 Å². The Morgan fingerprint density at radius 3 is 2.86 bits per heavy atom. The van der Waals surface area contributed by atoms with Gasteiger partial charge in [-0.25, -0.2) is 4.39 Å². The molecule has 11 heteroatoms. The zero-order valence-corrected chi connectivity index (χ0v) is 20.7. The first kappa shape index (κ1) is 24.5. The van der Waals surface area contributed by atoms with Crippen molar-refractivity contribution in [2.45, 2.75) is 44.0 Å². The summed E-state index contributed by atoms with van der Waals surface area (Å²) in [7, 11) is 0. The maximum atomic E-state index is 14.8. The zero-order chi connectivity index (χ0) is 23.2. The highest BCUT2D eigenvalue weighted by atomic mass is 35.5.